The molecule has 16 heavy (non-hydrogen) atoms. The molecule has 0 bridgehead atoms. The molecule has 3 N–H and O–H groups in total. The van der Waals surface area contributed by atoms with Crippen molar-refractivity contribution in [1.82, 2.24) is 0 Å². The Balaban J connectivity index is 2.61. The van der Waals surface area contributed by atoms with Crippen LogP contribution in [0.3, 0.4) is 0 Å². The van der Waals surface area contributed by atoms with E-state index in [-0.39, 0.29) is 0 Å². The third-order valence-corrected chi connectivity index (χ3v) is 2.93. The maximum absolute atomic E-state index is 5.88. The molecule has 1 rings (SSSR count). The third-order valence-electron chi connectivity index (χ3n) is 2.70. The topological polar surface area (TPSA) is 38.0 Å². The minimum Gasteiger partial charge on any atom is -0.397 e. The number of anilines is 2. The lowest BCUT2D eigenvalue weighted by molar-refractivity contribution is 0.355. The first-order chi connectivity index (χ1) is 7.44. The van der Waals surface area contributed by atoms with Gasteiger partial charge in [-0.15, -0.1) is 0 Å². The van der Waals surface area contributed by atoms with Crippen molar-refractivity contribution in [2.75, 3.05) is 17.6 Å². The van der Waals surface area contributed by atoms with Gasteiger partial charge in [-0.2, -0.15) is 0 Å². The molecular weight excluding hydrogens is 220 g/mol. The van der Waals surface area contributed by atoms with Crippen LogP contribution in [0.5, 0.6) is 0 Å². The molecule has 1 aromatic rings. The number of hydrogen-bond donors (Lipinski definition) is 2. The van der Waals surface area contributed by atoms with Crippen molar-refractivity contribution in [3.8, 4) is 0 Å². The summed E-state index contributed by atoms with van der Waals surface area (Å²) in [5.41, 5.74) is 7.84. The average molecular weight is 241 g/mol. The third kappa shape index (κ3) is 3.93. The first kappa shape index (κ1) is 13.2. The highest BCUT2D eigenvalue weighted by Crippen LogP contribution is 2.26. The van der Waals surface area contributed by atoms with Crippen LogP contribution in [-0.2, 0) is 0 Å². The summed E-state index contributed by atoms with van der Waals surface area (Å²) in [5.74, 6) is 0. The molecule has 0 aliphatic carbocycles. The molecule has 0 atom stereocenters. The van der Waals surface area contributed by atoms with Crippen molar-refractivity contribution < 1.29 is 0 Å². The Hall–Kier alpha value is -0.890. The van der Waals surface area contributed by atoms with E-state index >= 15 is 0 Å². The zero-order valence-corrected chi connectivity index (χ0v) is 11.1. The Morgan fingerprint density at radius 3 is 2.62 bits per heavy atom. The number of nitrogens with two attached hydrogens (primary N) is 1. The van der Waals surface area contributed by atoms with Gasteiger partial charge in [0.2, 0.25) is 0 Å². The molecule has 0 saturated heterocycles. The van der Waals surface area contributed by atoms with Crippen molar-refractivity contribution in [1.29, 1.82) is 0 Å². The first-order valence-electron chi connectivity index (χ1n) is 5.73. The molecule has 0 saturated carbocycles. The quantitative estimate of drug-likeness (QED) is 0.759. The average Bonchev–Trinajstić information content (AvgIpc) is 2.16. The number of hydrogen-bond acceptors (Lipinski definition) is 2. The standard InChI is InChI=1S/C13H21ClN2/c1-4-7-13(2,3)9-16-12-6-5-10(14)8-11(12)15/h5-6,8,16H,4,7,9,15H2,1-3H3. The van der Waals surface area contributed by atoms with Crippen LogP contribution < -0.4 is 11.1 Å². The zero-order valence-electron chi connectivity index (χ0n) is 10.3. The fourth-order valence-electron chi connectivity index (χ4n) is 1.79. The van der Waals surface area contributed by atoms with Gasteiger partial charge in [0, 0.05) is 11.6 Å². The van der Waals surface area contributed by atoms with Gasteiger partial charge in [0.25, 0.3) is 0 Å². The minimum atomic E-state index is 0.292. The second-order valence-corrected chi connectivity index (χ2v) is 5.44. The molecule has 1 aromatic carbocycles. The van der Waals surface area contributed by atoms with Gasteiger partial charge in [-0.3, -0.25) is 0 Å². The fourth-order valence-corrected chi connectivity index (χ4v) is 1.97. The second kappa shape index (κ2) is 5.44. The van der Waals surface area contributed by atoms with Crippen molar-refractivity contribution in [3.05, 3.63) is 23.2 Å². The van der Waals surface area contributed by atoms with Crippen molar-refractivity contribution in [3.63, 3.8) is 0 Å². The van der Waals surface area contributed by atoms with Gasteiger partial charge in [0.05, 0.1) is 11.4 Å². The Kier molecular flexibility index (Phi) is 4.48. The summed E-state index contributed by atoms with van der Waals surface area (Å²) < 4.78 is 0. The summed E-state index contributed by atoms with van der Waals surface area (Å²) in [6, 6.07) is 5.56. The summed E-state index contributed by atoms with van der Waals surface area (Å²) >= 11 is 5.85. The molecule has 0 aromatic heterocycles. The van der Waals surface area contributed by atoms with E-state index in [9.17, 15) is 0 Å². The van der Waals surface area contributed by atoms with E-state index in [2.05, 4.69) is 26.1 Å². The lowest BCUT2D eigenvalue weighted by atomic mass is 9.88. The predicted molar refractivity (Wildman–Crippen MR) is 73.0 cm³/mol. The van der Waals surface area contributed by atoms with Crippen molar-refractivity contribution >= 4 is 23.0 Å². The van der Waals surface area contributed by atoms with E-state index < -0.39 is 0 Å². The summed E-state index contributed by atoms with van der Waals surface area (Å²) in [6.45, 7) is 7.65. The highest BCUT2D eigenvalue weighted by Gasteiger charge is 2.16. The van der Waals surface area contributed by atoms with Gasteiger partial charge >= 0.3 is 0 Å². The van der Waals surface area contributed by atoms with Crippen LogP contribution in [-0.4, -0.2) is 6.54 Å². The van der Waals surface area contributed by atoms with E-state index in [1.54, 1.807) is 6.07 Å². The monoisotopic (exact) mass is 240 g/mol. The smallest absolute Gasteiger partial charge is 0.0575 e. The molecule has 0 unspecified atom stereocenters. The Bertz CT molecular complexity index is 348. The van der Waals surface area contributed by atoms with Gasteiger partial charge in [-0.05, 0) is 30.0 Å². The molecule has 90 valence electrons. The van der Waals surface area contributed by atoms with E-state index in [0.29, 0.717) is 16.1 Å². The summed E-state index contributed by atoms with van der Waals surface area (Å²) in [6.07, 6.45) is 2.40. The molecule has 0 aliphatic heterocycles. The van der Waals surface area contributed by atoms with Crippen molar-refractivity contribution in [2.24, 2.45) is 5.41 Å². The Morgan fingerprint density at radius 1 is 1.38 bits per heavy atom. The molecule has 0 spiro atoms. The normalized spacial score (nSPS) is 11.5. The molecule has 0 heterocycles. The van der Waals surface area contributed by atoms with Crippen LogP contribution in [0.2, 0.25) is 5.02 Å². The predicted octanol–water partition coefficient (Wildman–Crippen LogP) is 4.16. The molecule has 3 heteroatoms. The molecule has 0 radical (unpaired) electrons. The van der Waals surface area contributed by atoms with E-state index in [0.717, 1.165) is 12.2 Å². The van der Waals surface area contributed by atoms with E-state index in [4.69, 9.17) is 17.3 Å². The minimum absolute atomic E-state index is 0.292. The second-order valence-electron chi connectivity index (χ2n) is 5.00. The Morgan fingerprint density at radius 2 is 2.06 bits per heavy atom. The van der Waals surface area contributed by atoms with Gasteiger partial charge in [0.15, 0.2) is 0 Å². The summed E-state index contributed by atoms with van der Waals surface area (Å²) in [7, 11) is 0. The lowest BCUT2D eigenvalue weighted by Crippen LogP contribution is -2.23. The molecular formula is C13H21ClN2. The molecule has 0 fully saturated rings. The number of benzene rings is 1. The van der Waals surface area contributed by atoms with Gasteiger partial charge in [0.1, 0.15) is 0 Å². The summed E-state index contributed by atoms with van der Waals surface area (Å²) in [5, 5.41) is 4.06. The van der Waals surface area contributed by atoms with Gasteiger partial charge in [-0.1, -0.05) is 38.8 Å². The van der Waals surface area contributed by atoms with Crippen LogP contribution in [0, 0.1) is 5.41 Å². The van der Waals surface area contributed by atoms with Gasteiger partial charge < -0.3 is 11.1 Å². The number of rotatable bonds is 5. The zero-order chi connectivity index (χ0) is 12.2. The van der Waals surface area contributed by atoms with Crippen LogP contribution in [0.4, 0.5) is 11.4 Å². The first-order valence-corrected chi connectivity index (χ1v) is 6.11. The van der Waals surface area contributed by atoms with Gasteiger partial charge in [-0.25, -0.2) is 0 Å². The Labute approximate surface area is 103 Å². The lowest BCUT2D eigenvalue weighted by Gasteiger charge is -2.25. The van der Waals surface area contributed by atoms with Crippen LogP contribution in [0.1, 0.15) is 33.6 Å². The maximum Gasteiger partial charge on any atom is 0.0575 e. The molecule has 0 amide bonds. The van der Waals surface area contributed by atoms with Crippen LogP contribution >= 0.6 is 11.6 Å². The summed E-state index contributed by atoms with van der Waals surface area (Å²) in [4.78, 5) is 0. The van der Waals surface area contributed by atoms with Crippen molar-refractivity contribution in [2.45, 2.75) is 33.6 Å². The maximum atomic E-state index is 5.88. The fraction of sp³-hybridized carbons (Fsp3) is 0.538. The highest BCUT2D eigenvalue weighted by atomic mass is 35.5. The highest BCUT2D eigenvalue weighted by molar-refractivity contribution is 6.31. The van der Waals surface area contributed by atoms with Crippen LogP contribution in [0.15, 0.2) is 18.2 Å². The largest absolute Gasteiger partial charge is 0.397 e. The molecule has 2 nitrogen and oxygen atoms in total. The molecule has 0 aliphatic rings. The van der Waals surface area contributed by atoms with E-state index in [1.165, 1.54) is 12.8 Å². The van der Waals surface area contributed by atoms with E-state index in [1.807, 2.05) is 12.1 Å². The SMILES string of the molecule is CCCC(C)(C)CNc1ccc(Cl)cc1N. The van der Waals surface area contributed by atoms with Crippen LogP contribution in [0.25, 0.3) is 0 Å². The number of nitrogen functional groups attached to an aromatic ring is 1. The number of halogens is 1. The number of nitrogens with one attached hydrogen (secondary N) is 1.